The molecular formula is C22H16N4O4. The Labute approximate surface area is 170 Å². The van der Waals surface area contributed by atoms with Gasteiger partial charge in [-0.05, 0) is 36.4 Å². The molecule has 0 fully saturated rings. The molecule has 148 valence electrons. The Morgan fingerprint density at radius 1 is 0.900 bits per heavy atom. The van der Waals surface area contributed by atoms with E-state index in [4.69, 9.17) is 14.0 Å². The van der Waals surface area contributed by atoms with E-state index in [1.165, 1.54) is 4.40 Å². The number of para-hydroxylation sites is 2. The van der Waals surface area contributed by atoms with Crippen LogP contribution in [0.25, 0.3) is 39.4 Å². The van der Waals surface area contributed by atoms with Crippen LogP contribution in [-0.4, -0.2) is 33.7 Å². The second kappa shape index (κ2) is 7.00. The molecule has 8 heteroatoms. The molecule has 30 heavy (non-hydrogen) atoms. The van der Waals surface area contributed by atoms with Crippen molar-refractivity contribution in [3.63, 3.8) is 0 Å². The van der Waals surface area contributed by atoms with Gasteiger partial charge in [0.05, 0.1) is 36.2 Å². The molecule has 3 aromatic heterocycles. The van der Waals surface area contributed by atoms with Crippen LogP contribution in [0.4, 0.5) is 0 Å². The molecule has 8 nitrogen and oxygen atoms in total. The summed E-state index contributed by atoms with van der Waals surface area (Å²) in [6, 6.07) is 16.2. The van der Waals surface area contributed by atoms with Crippen LogP contribution in [0.1, 0.15) is 0 Å². The SMILES string of the molecule is COc1cccc(-c2noc(-c3cccn4c(=O)c5ccccc5nc34)n2)c1OC. The van der Waals surface area contributed by atoms with Crippen molar-refractivity contribution in [2.75, 3.05) is 14.2 Å². The van der Waals surface area contributed by atoms with E-state index in [1.807, 2.05) is 24.3 Å². The van der Waals surface area contributed by atoms with E-state index in [2.05, 4.69) is 15.1 Å². The summed E-state index contributed by atoms with van der Waals surface area (Å²) in [5.41, 5.74) is 2.06. The van der Waals surface area contributed by atoms with Crippen molar-refractivity contribution in [1.29, 1.82) is 0 Å². The van der Waals surface area contributed by atoms with Crippen molar-refractivity contribution < 1.29 is 14.0 Å². The number of ether oxygens (including phenoxy) is 2. The Hall–Kier alpha value is -4.20. The second-order valence-corrected chi connectivity index (χ2v) is 6.51. The summed E-state index contributed by atoms with van der Waals surface area (Å²) < 4.78 is 17.8. The maximum atomic E-state index is 12.9. The van der Waals surface area contributed by atoms with Gasteiger partial charge in [0.15, 0.2) is 17.1 Å². The van der Waals surface area contributed by atoms with Gasteiger partial charge in [0.25, 0.3) is 11.4 Å². The van der Waals surface area contributed by atoms with E-state index < -0.39 is 0 Å². The van der Waals surface area contributed by atoms with Gasteiger partial charge in [0.1, 0.15) is 0 Å². The number of rotatable bonds is 4. The summed E-state index contributed by atoms with van der Waals surface area (Å²) in [4.78, 5) is 22.1. The average Bonchev–Trinajstić information content (AvgIpc) is 3.28. The normalized spacial score (nSPS) is 11.1. The Morgan fingerprint density at radius 2 is 1.73 bits per heavy atom. The van der Waals surface area contributed by atoms with Crippen LogP contribution in [0, 0.1) is 0 Å². The molecule has 0 saturated heterocycles. The zero-order chi connectivity index (χ0) is 20.7. The summed E-state index contributed by atoms with van der Waals surface area (Å²) >= 11 is 0. The van der Waals surface area contributed by atoms with E-state index in [0.717, 1.165) is 0 Å². The van der Waals surface area contributed by atoms with Crippen molar-refractivity contribution in [2.24, 2.45) is 0 Å². The molecule has 0 bridgehead atoms. The monoisotopic (exact) mass is 400 g/mol. The highest BCUT2D eigenvalue weighted by Crippen LogP contribution is 2.37. The molecule has 0 unspecified atom stereocenters. The summed E-state index contributed by atoms with van der Waals surface area (Å²) in [6.07, 6.45) is 1.67. The lowest BCUT2D eigenvalue weighted by molar-refractivity contribution is 0.355. The molecule has 0 aliphatic heterocycles. The summed E-state index contributed by atoms with van der Waals surface area (Å²) in [7, 11) is 3.11. The van der Waals surface area contributed by atoms with Crippen LogP contribution >= 0.6 is 0 Å². The molecule has 2 aromatic carbocycles. The predicted octanol–water partition coefficient (Wildman–Crippen LogP) is 3.58. The van der Waals surface area contributed by atoms with Crippen LogP contribution in [-0.2, 0) is 0 Å². The second-order valence-electron chi connectivity index (χ2n) is 6.51. The van der Waals surface area contributed by atoms with Crippen LogP contribution in [0.2, 0.25) is 0 Å². The van der Waals surface area contributed by atoms with E-state index in [1.54, 1.807) is 50.7 Å². The van der Waals surface area contributed by atoms with Crippen LogP contribution in [0.3, 0.4) is 0 Å². The van der Waals surface area contributed by atoms with Crippen molar-refractivity contribution in [3.05, 3.63) is 71.1 Å². The smallest absolute Gasteiger partial charge is 0.265 e. The summed E-state index contributed by atoms with van der Waals surface area (Å²) in [5, 5.41) is 4.64. The lowest BCUT2D eigenvalue weighted by Gasteiger charge is -2.09. The Kier molecular flexibility index (Phi) is 4.17. The third-order valence-electron chi connectivity index (χ3n) is 4.85. The van der Waals surface area contributed by atoms with E-state index in [9.17, 15) is 4.79 Å². The largest absolute Gasteiger partial charge is 0.493 e. The first-order valence-electron chi connectivity index (χ1n) is 9.17. The summed E-state index contributed by atoms with van der Waals surface area (Å²) in [6.45, 7) is 0. The number of nitrogens with zero attached hydrogens (tertiary/aromatic N) is 4. The number of aromatic nitrogens is 4. The minimum Gasteiger partial charge on any atom is -0.493 e. The number of pyridine rings is 1. The summed E-state index contributed by atoms with van der Waals surface area (Å²) in [5.74, 6) is 1.65. The lowest BCUT2D eigenvalue weighted by atomic mass is 10.1. The van der Waals surface area contributed by atoms with Gasteiger partial charge in [0, 0.05) is 6.20 Å². The molecule has 0 aliphatic rings. The lowest BCUT2D eigenvalue weighted by Crippen LogP contribution is -2.15. The van der Waals surface area contributed by atoms with Crippen LogP contribution in [0.5, 0.6) is 11.5 Å². The Balaban J connectivity index is 1.70. The maximum absolute atomic E-state index is 12.9. The molecule has 0 N–H and O–H groups in total. The first-order chi connectivity index (χ1) is 14.7. The van der Waals surface area contributed by atoms with Crippen LogP contribution in [0.15, 0.2) is 70.1 Å². The zero-order valence-electron chi connectivity index (χ0n) is 16.2. The van der Waals surface area contributed by atoms with Crippen LogP contribution < -0.4 is 15.0 Å². The highest BCUT2D eigenvalue weighted by Gasteiger charge is 2.19. The Morgan fingerprint density at radius 3 is 2.57 bits per heavy atom. The number of methoxy groups -OCH3 is 2. The van der Waals surface area contributed by atoms with Crippen molar-refractivity contribution in [3.8, 4) is 34.3 Å². The quantitative estimate of drug-likeness (QED) is 0.426. The molecule has 0 spiro atoms. The molecule has 3 heterocycles. The first-order valence-corrected chi connectivity index (χ1v) is 9.17. The minimum absolute atomic E-state index is 0.161. The first kappa shape index (κ1) is 17.9. The average molecular weight is 400 g/mol. The standard InChI is InChI=1S/C22H16N4O4/c1-28-17-11-5-8-14(18(17)29-2)19-24-21(30-25-19)15-9-6-12-26-20(15)23-16-10-4-3-7-13(16)22(26)27/h3-12H,1-2H3. The third kappa shape index (κ3) is 2.69. The van der Waals surface area contributed by atoms with Gasteiger partial charge >= 0.3 is 0 Å². The van der Waals surface area contributed by atoms with E-state index in [-0.39, 0.29) is 11.4 Å². The molecule has 0 aliphatic carbocycles. The molecule has 0 amide bonds. The highest BCUT2D eigenvalue weighted by molar-refractivity contribution is 5.83. The maximum Gasteiger partial charge on any atom is 0.265 e. The zero-order valence-corrected chi connectivity index (χ0v) is 16.2. The van der Waals surface area contributed by atoms with Gasteiger partial charge in [0.2, 0.25) is 5.82 Å². The number of hydrogen-bond acceptors (Lipinski definition) is 7. The van der Waals surface area contributed by atoms with Crippen molar-refractivity contribution in [2.45, 2.75) is 0 Å². The fourth-order valence-corrected chi connectivity index (χ4v) is 3.45. The fraction of sp³-hybridized carbons (Fsp3) is 0.0909. The molecule has 0 saturated carbocycles. The van der Waals surface area contributed by atoms with E-state index >= 15 is 0 Å². The minimum atomic E-state index is -0.161. The fourth-order valence-electron chi connectivity index (χ4n) is 3.45. The van der Waals surface area contributed by atoms with Crippen molar-refractivity contribution >= 4 is 16.6 Å². The van der Waals surface area contributed by atoms with Gasteiger partial charge in [-0.25, -0.2) is 4.98 Å². The predicted molar refractivity (Wildman–Crippen MR) is 111 cm³/mol. The topological polar surface area (TPSA) is 91.8 Å². The number of benzene rings is 2. The molecular weight excluding hydrogens is 384 g/mol. The van der Waals surface area contributed by atoms with Crippen molar-refractivity contribution in [1.82, 2.24) is 19.5 Å². The Bertz CT molecular complexity index is 1460. The van der Waals surface area contributed by atoms with Gasteiger partial charge in [-0.15, -0.1) is 0 Å². The molecule has 5 aromatic rings. The van der Waals surface area contributed by atoms with Gasteiger partial charge < -0.3 is 14.0 Å². The third-order valence-corrected chi connectivity index (χ3v) is 4.85. The highest BCUT2D eigenvalue weighted by atomic mass is 16.5. The van der Waals surface area contributed by atoms with Gasteiger partial charge in [-0.1, -0.05) is 23.4 Å². The van der Waals surface area contributed by atoms with Gasteiger partial charge in [-0.3, -0.25) is 9.20 Å². The molecule has 0 atom stereocenters. The molecule has 0 radical (unpaired) electrons. The van der Waals surface area contributed by atoms with E-state index in [0.29, 0.717) is 45.0 Å². The van der Waals surface area contributed by atoms with Gasteiger partial charge in [-0.2, -0.15) is 4.98 Å². The number of fused-ring (bicyclic) bond motifs is 2. The number of hydrogen-bond donors (Lipinski definition) is 0. The molecule has 5 rings (SSSR count).